The maximum absolute atomic E-state index is 11.5. The molecule has 1 saturated heterocycles. The summed E-state index contributed by atoms with van der Waals surface area (Å²) in [5.41, 5.74) is 6.10. The van der Waals surface area contributed by atoms with Crippen LogP contribution in [0, 0.1) is 0 Å². The largest absolute Gasteiger partial charge is 0.369 e. The third-order valence-electron chi connectivity index (χ3n) is 5.70. The van der Waals surface area contributed by atoms with Crippen LogP contribution in [-0.4, -0.2) is 66.6 Å². The van der Waals surface area contributed by atoms with Crippen LogP contribution in [0.2, 0.25) is 0 Å². The van der Waals surface area contributed by atoms with E-state index < -0.39 is 5.91 Å². The Hall–Kier alpha value is -2.32. The van der Waals surface area contributed by atoms with Crippen LogP contribution in [0.25, 0.3) is 11.1 Å². The Morgan fingerprint density at radius 3 is 2.43 bits per heavy atom. The molecule has 0 spiro atoms. The first kappa shape index (κ1) is 20.9. The van der Waals surface area contributed by atoms with Crippen LogP contribution in [0.1, 0.15) is 6.42 Å². The molecule has 0 saturated carbocycles. The number of rotatable bonds is 5. The minimum Gasteiger partial charge on any atom is -0.369 e. The van der Waals surface area contributed by atoms with Crippen molar-refractivity contribution in [3.8, 4) is 11.1 Å². The number of amides is 1. The van der Waals surface area contributed by atoms with E-state index in [0.717, 1.165) is 32.7 Å². The van der Waals surface area contributed by atoms with E-state index in [-0.39, 0.29) is 0 Å². The van der Waals surface area contributed by atoms with Crippen molar-refractivity contribution >= 4 is 23.5 Å². The van der Waals surface area contributed by atoms with Gasteiger partial charge in [-0.2, -0.15) is 0 Å². The van der Waals surface area contributed by atoms with Crippen molar-refractivity contribution in [2.75, 3.05) is 51.2 Å². The van der Waals surface area contributed by atoms with Gasteiger partial charge in [-0.25, -0.2) is 9.79 Å². The SMILES string of the molecule is CN1CCN(c2cccc(-c3ccc(SN4CC=C(C(=O)NO)CC4)cc3)c2)CC1. The molecule has 0 unspecified atom stereocenters. The van der Waals surface area contributed by atoms with Crippen molar-refractivity contribution in [3.05, 3.63) is 60.2 Å². The van der Waals surface area contributed by atoms with Crippen LogP contribution in [0.15, 0.2) is 65.1 Å². The molecule has 2 aromatic rings. The van der Waals surface area contributed by atoms with Gasteiger partial charge in [-0.05, 0) is 60.8 Å². The number of hydrogen-bond acceptors (Lipinski definition) is 6. The molecule has 2 aromatic carbocycles. The number of likely N-dealkylation sites (N-methyl/N-ethyl adjacent to an activating group) is 1. The Balaban J connectivity index is 1.39. The van der Waals surface area contributed by atoms with Crippen LogP contribution in [0.5, 0.6) is 0 Å². The average Bonchev–Trinajstić information content (AvgIpc) is 2.80. The lowest BCUT2D eigenvalue weighted by molar-refractivity contribution is -0.125. The number of nitrogens with zero attached hydrogens (tertiary/aromatic N) is 3. The fraction of sp³-hybridized carbons (Fsp3) is 0.348. The van der Waals surface area contributed by atoms with Gasteiger partial charge < -0.3 is 9.80 Å². The first-order valence-electron chi connectivity index (χ1n) is 10.3. The minimum atomic E-state index is -0.400. The van der Waals surface area contributed by atoms with Gasteiger partial charge in [-0.3, -0.25) is 10.0 Å². The summed E-state index contributed by atoms with van der Waals surface area (Å²) < 4.78 is 2.22. The lowest BCUT2D eigenvalue weighted by Gasteiger charge is -2.34. The molecule has 2 heterocycles. The number of hydrogen-bond donors (Lipinski definition) is 2. The predicted molar refractivity (Wildman–Crippen MR) is 122 cm³/mol. The molecule has 6 nitrogen and oxygen atoms in total. The summed E-state index contributed by atoms with van der Waals surface area (Å²) in [5.74, 6) is -0.400. The Labute approximate surface area is 182 Å². The summed E-state index contributed by atoms with van der Waals surface area (Å²) >= 11 is 1.70. The van der Waals surface area contributed by atoms with Crippen LogP contribution in [0.4, 0.5) is 5.69 Å². The predicted octanol–water partition coefficient (Wildman–Crippen LogP) is 3.25. The molecule has 7 heteroatoms. The van der Waals surface area contributed by atoms with E-state index in [1.54, 1.807) is 17.4 Å². The molecule has 158 valence electrons. The summed E-state index contributed by atoms with van der Waals surface area (Å²) in [6.07, 6.45) is 2.51. The highest BCUT2D eigenvalue weighted by molar-refractivity contribution is 7.97. The van der Waals surface area contributed by atoms with Gasteiger partial charge >= 0.3 is 0 Å². The number of benzene rings is 2. The minimum absolute atomic E-state index is 0.400. The van der Waals surface area contributed by atoms with Gasteiger partial charge in [0.15, 0.2) is 0 Å². The highest BCUT2D eigenvalue weighted by atomic mass is 32.2. The second kappa shape index (κ2) is 9.66. The third kappa shape index (κ3) is 5.05. The Kier molecular flexibility index (Phi) is 6.74. The fourth-order valence-electron chi connectivity index (χ4n) is 3.82. The van der Waals surface area contributed by atoms with Gasteiger partial charge in [0.05, 0.1) is 0 Å². The highest BCUT2D eigenvalue weighted by Crippen LogP contribution is 2.30. The third-order valence-corrected chi connectivity index (χ3v) is 6.77. The van der Waals surface area contributed by atoms with Crippen LogP contribution < -0.4 is 10.4 Å². The summed E-state index contributed by atoms with van der Waals surface area (Å²) in [7, 11) is 2.18. The molecule has 0 atom stereocenters. The van der Waals surface area contributed by atoms with Gasteiger partial charge in [0.2, 0.25) is 0 Å². The van der Waals surface area contributed by atoms with E-state index in [1.807, 2.05) is 6.08 Å². The Morgan fingerprint density at radius 1 is 1.00 bits per heavy atom. The smallest absolute Gasteiger partial charge is 0.270 e. The number of anilines is 1. The van der Waals surface area contributed by atoms with Crippen molar-refractivity contribution < 1.29 is 10.0 Å². The normalized spacial score (nSPS) is 18.2. The van der Waals surface area contributed by atoms with Gasteiger partial charge in [0, 0.05) is 55.4 Å². The zero-order valence-electron chi connectivity index (χ0n) is 17.3. The van der Waals surface area contributed by atoms with Crippen LogP contribution >= 0.6 is 11.9 Å². The molecule has 1 amide bonds. The molecule has 2 aliphatic rings. The van der Waals surface area contributed by atoms with E-state index in [2.05, 4.69) is 69.7 Å². The van der Waals surface area contributed by atoms with E-state index in [9.17, 15) is 4.79 Å². The summed E-state index contributed by atoms with van der Waals surface area (Å²) in [6.45, 7) is 5.81. The summed E-state index contributed by atoms with van der Waals surface area (Å²) in [4.78, 5) is 17.5. The number of carbonyl (C=O) groups excluding carboxylic acids is 1. The van der Waals surface area contributed by atoms with Crippen LogP contribution in [-0.2, 0) is 4.79 Å². The average molecular weight is 425 g/mol. The van der Waals surface area contributed by atoms with E-state index in [1.165, 1.54) is 21.7 Å². The number of nitrogens with one attached hydrogen (secondary N) is 1. The molecular weight excluding hydrogens is 396 g/mol. The Bertz CT molecular complexity index is 908. The zero-order valence-corrected chi connectivity index (χ0v) is 18.1. The standard InChI is InChI=1S/C23H28N4O2S/c1-25-13-15-26(16-14-25)21-4-2-3-20(17-21)18-5-7-22(8-6-18)30-27-11-9-19(10-12-27)23(28)24-29/h2-9,17,29H,10-16H2,1H3,(H,24,28). The second-order valence-electron chi connectivity index (χ2n) is 7.76. The van der Waals surface area contributed by atoms with E-state index in [0.29, 0.717) is 18.5 Å². The van der Waals surface area contributed by atoms with Gasteiger partial charge in [-0.1, -0.05) is 30.3 Å². The van der Waals surface area contributed by atoms with Crippen molar-refractivity contribution in [2.24, 2.45) is 0 Å². The number of carbonyl (C=O) groups is 1. The maximum atomic E-state index is 11.5. The molecule has 1 fully saturated rings. The molecule has 0 aromatic heterocycles. The zero-order chi connectivity index (χ0) is 20.9. The molecule has 0 aliphatic carbocycles. The second-order valence-corrected chi connectivity index (χ2v) is 8.93. The molecule has 30 heavy (non-hydrogen) atoms. The van der Waals surface area contributed by atoms with E-state index >= 15 is 0 Å². The number of piperazine rings is 1. The Morgan fingerprint density at radius 2 is 1.77 bits per heavy atom. The fourth-order valence-corrected chi connectivity index (χ4v) is 4.70. The molecule has 4 rings (SSSR count). The molecule has 0 radical (unpaired) electrons. The molecule has 0 bridgehead atoms. The first-order valence-corrected chi connectivity index (χ1v) is 11.1. The van der Waals surface area contributed by atoms with E-state index in [4.69, 9.17) is 5.21 Å². The van der Waals surface area contributed by atoms with Gasteiger partial charge in [0.1, 0.15) is 0 Å². The van der Waals surface area contributed by atoms with Crippen molar-refractivity contribution in [1.82, 2.24) is 14.7 Å². The highest BCUT2D eigenvalue weighted by Gasteiger charge is 2.17. The molecule has 2 aliphatic heterocycles. The lowest BCUT2D eigenvalue weighted by atomic mass is 10.0. The molecular formula is C23H28N4O2S. The monoisotopic (exact) mass is 424 g/mol. The first-order chi connectivity index (χ1) is 14.6. The quantitative estimate of drug-likeness (QED) is 0.437. The van der Waals surface area contributed by atoms with Crippen molar-refractivity contribution in [2.45, 2.75) is 11.3 Å². The topological polar surface area (TPSA) is 59.0 Å². The lowest BCUT2D eigenvalue weighted by Crippen LogP contribution is -2.44. The summed E-state index contributed by atoms with van der Waals surface area (Å²) in [5, 5.41) is 8.75. The van der Waals surface area contributed by atoms with Crippen molar-refractivity contribution in [3.63, 3.8) is 0 Å². The van der Waals surface area contributed by atoms with Gasteiger partial charge in [-0.15, -0.1) is 0 Å². The summed E-state index contributed by atoms with van der Waals surface area (Å²) in [6, 6.07) is 17.5. The van der Waals surface area contributed by atoms with Gasteiger partial charge in [0.25, 0.3) is 5.91 Å². The maximum Gasteiger partial charge on any atom is 0.270 e. The van der Waals surface area contributed by atoms with Crippen LogP contribution in [0.3, 0.4) is 0 Å². The van der Waals surface area contributed by atoms with Crippen molar-refractivity contribution in [1.29, 1.82) is 0 Å². The number of hydroxylamine groups is 1. The molecule has 2 N–H and O–H groups in total.